The molecule has 2 rings (SSSR count). The Labute approximate surface area is 294 Å². The number of rotatable bonds is 10. The van der Waals surface area contributed by atoms with Crippen LogP contribution in [0.25, 0.3) is 0 Å². The van der Waals surface area contributed by atoms with E-state index in [1.165, 1.54) is 24.3 Å². The summed E-state index contributed by atoms with van der Waals surface area (Å²) in [5, 5.41) is 10.7. The number of benzene rings is 2. The molecule has 0 saturated heterocycles. The zero-order valence-corrected chi connectivity index (χ0v) is 30.9. The molecule has 0 radical (unpaired) electrons. The lowest BCUT2D eigenvalue weighted by Gasteiger charge is -2.27. The number of allylic oxidation sites excluding steroid dienone is 1. The number of amidine groups is 1. The van der Waals surface area contributed by atoms with Gasteiger partial charge in [-0.2, -0.15) is 0 Å². The zero-order valence-electron chi connectivity index (χ0n) is 28.8. The Morgan fingerprint density at radius 2 is 1.46 bits per heavy atom. The minimum Gasteiger partial charge on any atom is -0.460 e. The van der Waals surface area contributed by atoms with Crippen molar-refractivity contribution in [1.82, 2.24) is 5.32 Å². The maximum atomic E-state index is 13.7. The molecule has 48 heavy (non-hydrogen) atoms. The van der Waals surface area contributed by atoms with Gasteiger partial charge in [-0.1, -0.05) is 6.08 Å². The van der Waals surface area contributed by atoms with Crippen LogP contribution in [0.4, 0.5) is 4.79 Å². The topological polar surface area (TPSA) is 184 Å². The third kappa shape index (κ3) is 12.1. The summed E-state index contributed by atoms with van der Waals surface area (Å²) in [5.74, 6) is -4.69. The van der Waals surface area contributed by atoms with Crippen molar-refractivity contribution in [3.8, 4) is 5.75 Å². The molecule has 0 unspecified atom stereocenters. The maximum absolute atomic E-state index is 13.7. The highest BCUT2D eigenvalue weighted by atomic mass is 127. The van der Waals surface area contributed by atoms with Gasteiger partial charge < -0.3 is 24.7 Å². The monoisotopic (exact) mass is 777 g/mol. The second kappa shape index (κ2) is 15.8. The van der Waals surface area contributed by atoms with Crippen LogP contribution in [-0.4, -0.2) is 52.5 Å². The van der Waals surface area contributed by atoms with E-state index in [9.17, 15) is 24.0 Å². The van der Waals surface area contributed by atoms with Gasteiger partial charge in [0, 0.05) is 14.7 Å². The third-order valence-corrected chi connectivity index (χ3v) is 7.20. The fourth-order valence-corrected chi connectivity index (χ4v) is 5.38. The van der Waals surface area contributed by atoms with Crippen LogP contribution in [0.15, 0.2) is 43.0 Å². The second-order valence-electron chi connectivity index (χ2n) is 13.8. The summed E-state index contributed by atoms with van der Waals surface area (Å²) in [5.41, 5.74) is 3.88. The molecular formula is C35H44IN3O9. The van der Waals surface area contributed by atoms with Crippen LogP contribution in [0, 0.1) is 8.98 Å². The summed E-state index contributed by atoms with van der Waals surface area (Å²) in [4.78, 5) is 64.9. The number of hydrogen-bond acceptors (Lipinski definition) is 10. The van der Waals surface area contributed by atoms with Crippen molar-refractivity contribution in [1.29, 1.82) is 5.41 Å². The maximum Gasteiger partial charge on any atom is 0.413 e. The SMILES string of the molecule is C=CCc1cc(C(=N)NC(=O)OC(C)(C)C)ccc1OC(=O)c1ccc(C(N)=O)c([C@H](CC(=O)OC(C)(C)C)C(=O)OC(C)(C)C)c1I. The van der Waals surface area contributed by atoms with Gasteiger partial charge in [0.05, 0.1) is 17.9 Å². The average molecular weight is 778 g/mol. The van der Waals surface area contributed by atoms with E-state index in [1.54, 1.807) is 74.5 Å². The lowest BCUT2D eigenvalue weighted by molar-refractivity contribution is -0.164. The highest BCUT2D eigenvalue weighted by molar-refractivity contribution is 14.1. The zero-order chi connectivity index (χ0) is 36.8. The van der Waals surface area contributed by atoms with E-state index in [2.05, 4.69) is 11.9 Å². The number of hydrogen-bond donors (Lipinski definition) is 3. The molecule has 0 aromatic heterocycles. The van der Waals surface area contributed by atoms with Gasteiger partial charge >= 0.3 is 24.0 Å². The van der Waals surface area contributed by atoms with Crippen LogP contribution in [-0.2, 0) is 30.2 Å². The smallest absolute Gasteiger partial charge is 0.413 e. The van der Waals surface area contributed by atoms with Crippen molar-refractivity contribution in [2.45, 2.75) is 97.9 Å². The van der Waals surface area contributed by atoms with Gasteiger partial charge in [0.1, 0.15) is 28.4 Å². The van der Waals surface area contributed by atoms with Crippen molar-refractivity contribution >= 4 is 58.3 Å². The summed E-state index contributed by atoms with van der Waals surface area (Å²) in [6.45, 7) is 18.8. The molecule has 0 aliphatic rings. The molecule has 0 spiro atoms. The van der Waals surface area contributed by atoms with E-state index in [4.69, 9.17) is 30.1 Å². The van der Waals surface area contributed by atoms with Gasteiger partial charge in [0.2, 0.25) is 5.91 Å². The van der Waals surface area contributed by atoms with Gasteiger partial charge in [0.25, 0.3) is 0 Å². The number of carbonyl (C=O) groups excluding carboxylic acids is 5. The summed E-state index contributed by atoms with van der Waals surface area (Å²) in [6, 6.07) is 7.15. The van der Waals surface area contributed by atoms with E-state index >= 15 is 0 Å². The molecule has 0 fully saturated rings. The fourth-order valence-electron chi connectivity index (χ4n) is 4.31. The van der Waals surface area contributed by atoms with Crippen LogP contribution >= 0.6 is 22.6 Å². The first-order valence-electron chi connectivity index (χ1n) is 15.0. The normalized spacial score (nSPS) is 12.3. The predicted molar refractivity (Wildman–Crippen MR) is 188 cm³/mol. The molecule has 1 atom stereocenters. The molecule has 12 nitrogen and oxygen atoms in total. The van der Waals surface area contributed by atoms with Crippen LogP contribution < -0.4 is 15.8 Å². The van der Waals surface area contributed by atoms with E-state index < -0.39 is 59.1 Å². The summed E-state index contributed by atoms with van der Waals surface area (Å²) in [6.07, 6.45) is 0.534. The van der Waals surface area contributed by atoms with Gasteiger partial charge in [-0.05, 0) is 133 Å². The number of nitrogens with one attached hydrogen (secondary N) is 2. The van der Waals surface area contributed by atoms with Crippen LogP contribution in [0.5, 0.6) is 5.75 Å². The van der Waals surface area contributed by atoms with Crippen molar-refractivity contribution < 1.29 is 42.9 Å². The molecule has 260 valence electrons. The number of halogens is 1. The molecule has 4 N–H and O–H groups in total. The molecular weight excluding hydrogens is 733 g/mol. The standard InChI is InChI=1S/C35H44IN3O9/c1-11-12-19-17-20(28(37)39-32(44)48-35(8,9)10)13-16-24(19)45-30(42)22-15-14-21(29(38)41)26(27(22)36)23(31(43)47-34(5,6)7)18-25(40)46-33(2,3)4/h11,13-17,23H,1,12,18H2,2-10H3,(H2,38,41)(H2,37,39,44)/t23-/m0/s1. The highest BCUT2D eigenvalue weighted by Crippen LogP contribution is 2.35. The van der Waals surface area contributed by atoms with Gasteiger partial charge in [0.15, 0.2) is 0 Å². The number of carbonyl (C=O) groups is 5. The van der Waals surface area contributed by atoms with Gasteiger partial charge in [-0.15, -0.1) is 6.58 Å². The Morgan fingerprint density at radius 1 is 0.896 bits per heavy atom. The molecule has 0 aliphatic heterocycles. The first-order valence-corrected chi connectivity index (χ1v) is 16.1. The number of amides is 2. The Hall–Kier alpha value is -4.27. The number of ether oxygens (including phenoxy) is 4. The number of esters is 3. The molecule has 0 heterocycles. The second-order valence-corrected chi connectivity index (χ2v) is 14.9. The van der Waals surface area contributed by atoms with Crippen LogP contribution in [0.1, 0.15) is 112 Å². The minimum atomic E-state index is -1.35. The van der Waals surface area contributed by atoms with Crippen molar-refractivity contribution in [2.24, 2.45) is 5.73 Å². The third-order valence-electron chi connectivity index (χ3n) is 6.04. The lowest BCUT2D eigenvalue weighted by Crippen LogP contribution is -2.36. The highest BCUT2D eigenvalue weighted by Gasteiger charge is 2.36. The lowest BCUT2D eigenvalue weighted by atomic mass is 9.89. The van der Waals surface area contributed by atoms with Gasteiger partial charge in [-0.3, -0.25) is 25.1 Å². The number of nitrogens with two attached hydrogens (primary N) is 1. The number of alkyl carbamates (subject to hydrolysis) is 1. The molecule has 2 aromatic carbocycles. The Bertz CT molecular complexity index is 1610. The largest absolute Gasteiger partial charge is 0.460 e. The van der Waals surface area contributed by atoms with E-state index in [0.717, 1.165) is 0 Å². The molecule has 13 heteroatoms. The Morgan fingerprint density at radius 3 is 1.98 bits per heavy atom. The molecule has 2 aromatic rings. The minimum absolute atomic E-state index is 0.0127. The Kier molecular flexibility index (Phi) is 13.1. The first-order chi connectivity index (χ1) is 21.9. The van der Waals surface area contributed by atoms with E-state index in [1.807, 2.05) is 22.6 Å². The van der Waals surface area contributed by atoms with Crippen molar-refractivity contribution in [2.75, 3.05) is 0 Å². The Balaban J connectivity index is 2.57. The van der Waals surface area contributed by atoms with E-state index in [0.29, 0.717) is 11.1 Å². The summed E-state index contributed by atoms with van der Waals surface area (Å²) < 4.78 is 22.2. The van der Waals surface area contributed by atoms with Crippen LogP contribution in [0.3, 0.4) is 0 Å². The van der Waals surface area contributed by atoms with Crippen LogP contribution in [0.2, 0.25) is 0 Å². The summed E-state index contributed by atoms with van der Waals surface area (Å²) >= 11 is 1.81. The van der Waals surface area contributed by atoms with Crippen molar-refractivity contribution in [3.05, 3.63) is 74.4 Å². The summed E-state index contributed by atoms with van der Waals surface area (Å²) in [7, 11) is 0. The molecule has 0 saturated carbocycles. The fraction of sp³-hybridized carbons (Fsp3) is 0.429. The molecule has 2 amide bonds. The first kappa shape index (κ1) is 39.9. The quantitative estimate of drug-likeness (QED) is 0.0471. The molecule has 0 aliphatic carbocycles. The predicted octanol–water partition coefficient (Wildman–Crippen LogP) is 6.34. The molecule has 0 bridgehead atoms. The van der Waals surface area contributed by atoms with Gasteiger partial charge in [-0.25, -0.2) is 9.59 Å². The number of primary amides is 1. The average Bonchev–Trinajstić information content (AvgIpc) is 2.89. The van der Waals surface area contributed by atoms with E-state index in [-0.39, 0.29) is 38.3 Å². The van der Waals surface area contributed by atoms with Crippen molar-refractivity contribution in [3.63, 3.8) is 0 Å².